The van der Waals surface area contributed by atoms with Gasteiger partial charge in [0.1, 0.15) is 24.4 Å². The van der Waals surface area contributed by atoms with Crippen molar-refractivity contribution in [1.82, 2.24) is 0 Å². The molecule has 1 aromatic rings. The maximum atomic E-state index is 9.76. The second-order valence-electron chi connectivity index (χ2n) is 4.49. The third-order valence-corrected chi connectivity index (χ3v) is 3.11. The van der Waals surface area contributed by atoms with Crippen LogP contribution in [0.3, 0.4) is 0 Å². The van der Waals surface area contributed by atoms with Crippen molar-refractivity contribution in [3.63, 3.8) is 0 Å². The van der Waals surface area contributed by atoms with Crippen molar-refractivity contribution in [2.45, 2.75) is 37.3 Å². The molecule has 19 heavy (non-hydrogen) atoms. The van der Waals surface area contributed by atoms with Crippen molar-refractivity contribution in [2.24, 2.45) is 0 Å². The minimum Gasteiger partial charge on any atom is -0.394 e. The lowest BCUT2D eigenvalue weighted by atomic mass is 9.99. The van der Waals surface area contributed by atoms with Gasteiger partial charge < -0.3 is 29.9 Å². The zero-order valence-corrected chi connectivity index (χ0v) is 10.3. The second-order valence-corrected chi connectivity index (χ2v) is 4.49. The Morgan fingerprint density at radius 2 is 1.68 bits per heavy atom. The minimum atomic E-state index is -1.41. The summed E-state index contributed by atoms with van der Waals surface area (Å²) >= 11 is 0. The largest absolute Gasteiger partial charge is 0.394 e. The number of hydrogen-bond acceptors (Lipinski definition) is 6. The van der Waals surface area contributed by atoms with Crippen LogP contribution in [-0.2, 0) is 16.1 Å². The number of benzene rings is 1. The maximum absolute atomic E-state index is 9.76. The fourth-order valence-electron chi connectivity index (χ4n) is 1.96. The summed E-state index contributed by atoms with van der Waals surface area (Å²) in [4.78, 5) is 0. The van der Waals surface area contributed by atoms with E-state index >= 15 is 0 Å². The highest BCUT2D eigenvalue weighted by Crippen LogP contribution is 2.22. The van der Waals surface area contributed by atoms with E-state index in [0.29, 0.717) is 0 Å². The predicted molar refractivity (Wildman–Crippen MR) is 65.0 cm³/mol. The van der Waals surface area contributed by atoms with Crippen molar-refractivity contribution in [3.05, 3.63) is 35.9 Å². The van der Waals surface area contributed by atoms with Crippen molar-refractivity contribution >= 4 is 0 Å². The Labute approximate surface area is 110 Å². The summed E-state index contributed by atoms with van der Waals surface area (Å²) in [7, 11) is 0. The summed E-state index contributed by atoms with van der Waals surface area (Å²) in [5.74, 6) is 0. The van der Waals surface area contributed by atoms with Gasteiger partial charge in [-0.25, -0.2) is 0 Å². The Morgan fingerprint density at radius 1 is 1.00 bits per heavy atom. The predicted octanol–water partition coefficient (Wildman–Crippen LogP) is -0.997. The molecule has 0 aromatic heterocycles. The van der Waals surface area contributed by atoms with E-state index in [2.05, 4.69) is 0 Å². The molecule has 0 unspecified atom stereocenters. The molecule has 6 heteroatoms. The highest BCUT2D eigenvalue weighted by atomic mass is 16.7. The lowest BCUT2D eigenvalue weighted by molar-refractivity contribution is -0.304. The Bertz CT molecular complexity index is 382. The molecule has 1 fully saturated rings. The van der Waals surface area contributed by atoms with E-state index in [0.717, 1.165) is 5.56 Å². The van der Waals surface area contributed by atoms with Gasteiger partial charge in [0.25, 0.3) is 0 Å². The van der Waals surface area contributed by atoms with Crippen LogP contribution >= 0.6 is 0 Å². The average molecular weight is 270 g/mol. The van der Waals surface area contributed by atoms with Gasteiger partial charge in [-0.05, 0) is 5.56 Å². The Morgan fingerprint density at radius 3 is 2.32 bits per heavy atom. The molecule has 0 saturated carbocycles. The quantitative estimate of drug-likeness (QED) is 0.560. The van der Waals surface area contributed by atoms with Crippen LogP contribution in [0, 0.1) is 0 Å². The summed E-state index contributed by atoms with van der Waals surface area (Å²) in [6.45, 7) is -0.264. The van der Waals surface area contributed by atoms with Gasteiger partial charge in [0.2, 0.25) is 0 Å². The van der Waals surface area contributed by atoms with Crippen LogP contribution in [0.25, 0.3) is 0 Å². The summed E-state index contributed by atoms with van der Waals surface area (Å²) in [6, 6.07) is 9.28. The van der Waals surface area contributed by atoms with Crippen molar-refractivity contribution in [2.75, 3.05) is 6.61 Å². The molecule has 1 saturated heterocycles. The topological polar surface area (TPSA) is 99.4 Å². The normalized spacial score (nSPS) is 35.3. The van der Waals surface area contributed by atoms with Crippen LogP contribution in [-0.4, -0.2) is 57.7 Å². The van der Waals surface area contributed by atoms with Gasteiger partial charge in [0, 0.05) is 0 Å². The fourth-order valence-corrected chi connectivity index (χ4v) is 1.96. The van der Waals surface area contributed by atoms with Gasteiger partial charge in [-0.1, -0.05) is 30.3 Å². The van der Waals surface area contributed by atoms with Crippen LogP contribution in [0.5, 0.6) is 0 Å². The van der Waals surface area contributed by atoms with Crippen LogP contribution in [0.4, 0.5) is 0 Å². The first-order valence-electron chi connectivity index (χ1n) is 6.09. The highest BCUT2D eigenvalue weighted by molar-refractivity contribution is 5.13. The van der Waals surface area contributed by atoms with Gasteiger partial charge >= 0.3 is 0 Å². The molecular formula is C13H18O6. The molecular weight excluding hydrogens is 252 g/mol. The molecule has 0 bridgehead atoms. The number of aliphatic hydroxyl groups excluding tert-OH is 4. The summed E-state index contributed by atoms with van der Waals surface area (Å²) in [5.41, 5.74) is 0.888. The molecule has 2 rings (SSSR count). The molecule has 0 spiro atoms. The van der Waals surface area contributed by atoms with E-state index in [4.69, 9.17) is 14.6 Å². The van der Waals surface area contributed by atoms with Crippen LogP contribution in [0.1, 0.15) is 5.56 Å². The van der Waals surface area contributed by atoms with Crippen molar-refractivity contribution < 1.29 is 29.9 Å². The van der Waals surface area contributed by atoms with E-state index in [1.54, 1.807) is 0 Å². The first-order chi connectivity index (χ1) is 9.13. The molecule has 106 valence electrons. The fraction of sp³-hybridized carbons (Fsp3) is 0.538. The Hall–Kier alpha value is -1.02. The SMILES string of the molecule is OC[C@@H]1O[C@H](OCc2ccccc2)[C@H](O)[C@@H](O)[C@@H]1O. The molecule has 6 nitrogen and oxygen atoms in total. The van der Waals surface area contributed by atoms with E-state index in [1.165, 1.54) is 0 Å². The second kappa shape index (κ2) is 6.42. The monoisotopic (exact) mass is 270 g/mol. The number of aliphatic hydroxyl groups is 4. The molecule has 0 amide bonds. The molecule has 5 atom stereocenters. The maximum Gasteiger partial charge on any atom is 0.187 e. The average Bonchev–Trinajstić information content (AvgIpc) is 2.45. The van der Waals surface area contributed by atoms with Gasteiger partial charge in [-0.15, -0.1) is 0 Å². The van der Waals surface area contributed by atoms with Gasteiger partial charge in [-0.2, -0.15) is 0 Å². The zero-order chi connectivity index (χ0) is 13.8. The third-order valence-electron chi connectivity index (χ3n) is 3.11. The standard InChI is InChI=1S/C13H18O6/c14-6-9-10(15)11(16)12(17)13(19-9)18-7-8-4-2-1-3-5-8/h1-5,9-17H,6-7H2/t9-,10+,11-,12+,13-/m0/s1. The molecule has 1 aromatic carbocycles. The van der Waals surface area contributed by atoms with Gasteiger partial charge in [0.05, 0.1) is 13.2 Å². The van der Waals surface area contributed by atoms with E-state index in [-0.39, 0.29) is 6.61 Å². The van der Waals surface area contributed by atoms with Gasteiger partial charge in [0.15, 0.2) is 6.29 Å². The molecule has 4 N–H and O–H groups in total. The lowest BCUT2D eigenvalue weighted by Crippen LogP contribution is -2.59. The zero-order valence-electron chi connectivity index (χ0n) is 10.3. The first kappa shape index (κ1) is 14.4. The molecule has 1 heterocycles. The first-order valence-corrected chi connectivity index (χ1v) is 6.09. The molecule has 1 aliphatic heterocycles. The minimum absolute atomic E-state index is 0.198. The smallest absolute Gasteiger partial charge is 0.187 e. The van der Waals surface area contributed by atoms with Crippen LogP contribution in [0.2, 0.25) is 0 Å². The number of hydrogen-bond donors (Lipinski definition) is 4. The van der Waals surface area contributed by atoms with E-state index < -0.39 is 37.3 Å². The van der Waals surface area contributed by atoms with Gasteiger partial charge in [-0.3, -0.25) is 0 Å². The van der Waals surface area contributed by atoms with E-state index in [9.17, 15) is 15.3 Å². The van der Waals surface area contributed by atoms with E-state index in [1.807, 2.05) is 30.3 Å². The Balaban J connectivity index is 1.95. The lowest BCUT2D eigenvalue weighted by Gasteiger charge is -2.39. The summed E-state index contributed by atoms with van der Waals surface area (Å²) in [6.07, 6.45) is -6.17. The number of rotatable bonds is 4. The summed E-state index contributed by atoms with van der Waals surface area (Å²) in [5, 5.41) is 38.0. The number of ether oxygens (including phenoxy) is 2. The molecule has 0 radical (unpaired) electrons. The Kier molecular flexibility index (Phi) is 4.87. The van der Waals surface area contributed by atoms with Crippen molar-refractivity contribution in [3.8, 4) is 0 Å². The molecule has 0 aliphatic carbocycles. The third kappa shape index (κ3) is 3.30. The summed E-state index contributed by atoms with van der Waals surface area (Å²) < 4.78 is 10.6. The van der Waals surface area contributed by atoms with Crippen molar-refractivity contribution in [1.29, 1.82) is 0 Å². The van der Waals surface area contributed by atoms with Crippen LogP contribution < -0.4 is 0 Å². The molecule has 1 aliphatic rings. The highest BCUT2D eigenvalue weighted by Gasteiger charge is 2.43. The van der Waals surface area contributed by atoms with Crippen LogP contribution in [0.15, 0.2) is 30.3 Å².